The van der Waals surface area contributed by atoms with Crippen molar-refractivity contribution < 1.29 is 14.3 Å². The van der Waals surface area contributed by atoms with Gasteiger partial charge >= 0.3 is 0 Å². The normalized spacial score (nSPS) is 20.8. The van der Waals surface area contributed by atoms with Crippen molar-refractivity contribution >= 4 is 11.6 Å². The van der Waals surface area contributed by atoms with Crippen LogP contribution in [0.25, 0.3) is 5.65 Å². The van der Waals surface area contributed by atoms with Crippen LogP contribution in [0.5, 0.6) is 11.5 Å². The Labute approximate surface area is 181 Å². The first-order chi connectivity index (χ1) is 15.2. The maximum absolute atomic E-state index is 11.7. The first-order valence-corrected chi connectivity index (χ1v) is 11.2. The molecule has 3 aromatic rings. The van der Waals surface area contributed by atoms with E-state index in [2.05, 4.69) is 38.9 Å². The van der Waals surface area contributed by atoms with Gasteiger partial charge in [-0.2, -0.15) is 0 Å². The van der Waals surface area contributed by atoms with Crippen molar-refractivity contribution in [3.63, 3.8) is 0 Å². The molecular weight excluding hydrogens is 392 g/mol. The summed E-state index contributed by atoms with van der Waals surface area (Å²) in [5.41, 5.74) is 5.89. The Morgan fingerprint density at radius 3 is 2.68 bits per heavy atom. The molecular formula is C24H26N4O3. The second-order valence-corrected chi connectivity index (χ2v) is 8.86. The first kappa shape index (κ1) is 18.7. The number of likely N-dealkylation sites (tertiary alicyclic amines) is 1. The molecule has 0 N–H and O–H groups in total. The van der Waals surface area contributed by atoms with Crippen molar-refractivity contribution in [2.45, 2.75) is 44.4 Å². The lowest BCUT2D eigenvalue weighted by Gasteiger charge is -2.32. The van der Waals surface area contributed by atoms with Crippen molar-refractivity contribution in [1.82, 2.24) is 19.5 Å². The summed E-state index contributed by atoms with van der Waals surface area (Å²) >= 11 is 0. The van der Waals surface area contributed by atoms with E-state index in [-0.39, 0.29) is 11.8 Å². The van der Waals surface area contributed by atoms with E-state index in [1.54, 1.807) is 6.92 Å². The van der Waals surface area contributed by atoms with Crippen molar-refractivity contribution in [1.29, 1.82) is 0 Å². The molecule has 5 heterocycles. The maximum atomic E-state index is 11.7. The Bertz CT molecular complexity index is 1160. The van der Waals surface area contributed by atoms with E-state index >= 15 is 0 Å². The van der Waals surface area contributed by atoms with Gasteiger partial charge in [0.15, 0.2) is 5.65 Å². The van der Waals surface area contributed by atoms with Crippen LogP contribution in [-0.4, -0.2) is 51.7 Å². The molecule has 1 aromatic carbocycles. The van der Waals surface area contributed by atoms with Crippen molar-refractivity contribution in [2.75, 3.05) is 26.3 Å². The number of rotatable bonds is 1. The van der Waals surface area contributed by atoms with Gasteiger partial charge in [0.25, 0.3) is 0 Å². The minimum atomic E-state index is 0.154. The molecule has 0 saturated carbocycles. The number of ether oxygens (including phenoxy) is 2. The highest BCUT2D eigenvalue weighted by atomic mass is 16.5. The third-order valence-corrected chi connectivity index (χ3v) is 7.12. The van der Waals surface area contributed by atoms with Crippen LogP contribution >= 0.6 is 0 Å². The summed E-state index contributed by atoms with van der Waals surface area (Å²) in [4.78, 5) is 13.7. The second kappa shape index (κ2) is 7.25. The van der Waals surface area contributed by atoms with Gasteiger partial charge < -0.3 is 14.4 Å². The van der Waals surface area contributed by atoms with Gasteiger partial charge in [-0.25, -0.2) is 0 Å². The fourth-order valence-corrected chi connectivity index (χ4v) is 5.46. The number of hydrogen-bond acceptors (Lipinski definition) is 5. The third kappa shape index (κ3) is 3.06. The number of aromatic nitrogens is 3. The monoisotopic (exact) mass is 418 g/mol. The largest absolute Gasteiger partial charge is 0.493 e. The summed E-state index contributed by atoms with van der Waals surface area (Å²) in [6.07, 6.45) is 5.48. The third-order valence-electron chi connectivity index (χ3n) is 7.12. The topological polar surface area (TPSA) is 69.0 Å². The van der Waals surface area contributed by atoms with Gasteiger partial charge in [-0.05, 0) is 49.3 Å². The number of carbonyl (C=O) groups excluding carboxylic acids is 1. The van der Waals surface area contributed by atoms with Crippen molar-refractivity contribution in [3.05, 3.63) is 53.0 Å². The summed E-state index contributed by atoms with van der Waals surface area (Å²) in [7, 11) is 0. The number of hydrogen-bond donors (Lipinski definition) is 0. The molecule has 6 rings (SSSR count). The molecule has 7 heteroatoms. The molecule has 160 valence electrons. The number of fused-ring (bicyclic) bond motifs is 3. The minimum Gasteiger partial charge on any atom is -0.493 e. The summed E-state index contributed by atoms with van der Waals surface area (Å²) < 4.78 is 14.5. The lowest BCUT2D eigenvalue weighted by Crippen LogP contribution is -2.36. The van der Waals surface area contributed by atoms with Crippen LogP contribution in [0.3, 0.4) is 0 Å². The van der Waals surface area contributed by atoms with E-state index in [1.165, 1.54) is 16.7 Å². The lowest BCUT2D eigenvalue weighted by molar-refractivity contribution is -0.129. The molecule has 7 nitrogen and oxygen atoms in total. The van der Waals surface area contributed by atoms with Gasteiger partial charge in [0.05, 0.1) is 24.8 Å². The Balaban J connectivity index is 1.38. The quantitative estimate of drug-likeness (QED) is 0.607. The molecule has 0 bridgehead atoms. The van der Waals surface area contributed by atoms with Gasteiger partial charge in [0.1, 0.15) is 17.8 Å². The van der Waals surface area contributed by atoms with Crippen LogP contribution in [0.15, 0.2) is 30.6 Å². The molecule has 1 atom stereocenters. The van der Waals surface area contributed by atoms with E-state index in [0.29, 0.717) is 19.1 Å². The zero-order valence-corrected chi connectivity index (χ0v) is 17.7. The highest BCUT2D eigenvalue weighted by Crippen LogP contribution is 2.40. The molecule has 0 radical (unpaired) electrons. The van der Waals surface area contributed by atoms with E-state index in [1.807, 2.05) is 11.2 Å². The number of amides is 1. The average molecular weight is 418 g/mol. The Kier molecular flexibility index (Phi) is 4.37. The van der Waals surface area contributed by atoms with Crippen LogP contribution < -0.4 is 9.47 Å². The zero-order chi connectivity index (χ0) is 20.9. The average Bonchev–Trinajstić information content (AvgIpc) is 3.44. The molecule has 0 spiro atoms. The van der Waals surface area contributed by atoms with E-state index in [4.69, 9.17) is 9.47 Å². The molecule has 0 unspecified atom stereocenters. The Hall–Kier alpha value is -3.09. The maximum Gasteiger partial charge on any atom is 0.219 e. The van der Waals surface area contributed by atoms with E-state index < -0.39 is 0 Å². The number of pyridine rings is 1. The van der Waals surface area contributed by atoms with Gasteiger partial charge in [0, 0.05) is 31.1 Å². The van der Waals surface area contributed by atoms with Gasteiger partial charge in [-0.1, -0.05) is 12.1 Å². The molecule has 1 fully saturated rings. The standard InChI is InChI=1S/C24H26N4O3/c1-15(29)27-9-7-16(8-10-27)19-11-22-20(28-14-25-26-24(19)28)6-5-17-3-2-4-21-23(17)18(12-30-21)13-31-22/h2-4,11,14,16,18H,5-10,12-13H2,1H3/t18-/m1/s1. The van der Waals surface area contributed by atoms with Crippen LogP contribution in [0, 0.1) is 0 Å². The predicted molar refractivity (Wildman–Crippen MR) is 115 cm³/mol. The fourth-order valence-electron chi connectivity index (χ4n) is 5.46. The Morgan fingerprint density at radius 2 is 1.87 bits per heavy atom. The van der Waals surface area contributed by atoms with Crippen LogP contribution in [0.4, 0.5) is 0 Å². The molecule has 1 saturated heterocycles. The number of aryl methyl sites for hydroxylation is 2. The second-order valence-electron chi connectivity index (χ2n) is 8.86. The molecule has 31 heavy (non-hydrogen) atoms. The molecule has 0 aliphatic carbocycles. The smallest absolute Gasteiger partial charge is 0.219 e. The van der Waals surface area contributed by atoms with Crippen LogP contribution in [0.1, 0.15) is 54.0 Å². The molecule has 1 amide bonds. The van der Waals surface area contributed by atoms with E-state index in [0.717, 1.165) is 61.6 Å². The van der Waals surface area contributed by atoms with Gasteiger partial charge in [-0.3, -0.25) is 9.20 Å². The van der Waals surface area contributed by atoms with Crippen LogP contribution in [-0.2, 0) is 17.6 Å². The van der Waals surface area contributed by atoms with Crippen LogP contribution in [0.2, 0.25) is 0 Å². The van der Waals surface area contributed by atoms with Crippen molar-refractivity contribution in [3.8, 4) is 11.5 Å². The highest BCUT2D eigenvalue weighted by molar-refractivity contribution is 5.73. The number of piperidine rings is 1. The lowest BCUT2D eigenvalue weighted by atomic mass is 9.89. The molecule has 3 aliphatic heterocycles. The molecule has 2 aromatic heterocycles. The molecule has 3 aliphatic rings. The Morgan fingerprint density at radius 1 is 1.06 bits per heavy atom. The minimum absolute atomic E-state index is 0.154. The highest BCUT2D eigenvalue weighted by Gasteiger charge is 2.31. The van der Waals surface area contributed by atoms with Crippen molar-refractivity contribution in [2.24, 2.45) is 0 Å². The summed E-state index contributed by atoms with van der Waals surface area (Å²) in [5.74, 6) is 2.70. The predicted octanol–water partition coefficient (Wildman–Crippen LogP) is 3.11. The zero-order valence-electron chi connectivity index (χ0n) is 17.7. The first-order valence-electron chi connectivity index (χ1n) is 11.2. The number of benzene rings is 1. The fraction of sp³-hybridized carbons (Fsp3) is 0.458. The van der Waals surface area contributed by atoms with Gasteiger partial charge in [0.2, 0.25) is 5.91 Å². The number of carbonyl (C=O) groups is 1. The van der Waals surface area contributed by atoms with Gasteiger partial charge in [-0.15, -0.1) is 10.2 Å². The summed E-state index contributed by atoms with van der Waals surface area (Å²) in [5, 5.41) is 8.72. The number of nitrogens with zero attached hydrogens (tertiary/aromatic N) is 4. The van der Waals surface area contributed by atoms with E-state index in [9.17, 15) is 4.79 Å². The SMILES string of the molecule is CC(=O)N1CCC(c2cc3c(n4cnnc24)CCc2cccc4c2[C@H](CO4)CO3)CC1. The summed E-state index contributed by atoms with van der Waals surface area (Å²) in [6, 6.07) is 8.56. The summed E-state index contributed by atoms with van der Waals surface area (Å²) in [6.45, 7) is 4.50.